The molecule has 0 spiro atoms. The fourth-order valence-electron chi connectivity index (χ4n) is 1.88. The van der Waals surface area contributed by atoms with Gasteiger partial charge < -0.3 is 9.80 Å². The average Bonchev–Trinajstić information content (AvgIpc) is 2.29. The molecule has 0 radical (unpaired) electrons. The standard InChI is InChI=1S/C11H19N3O/c1-2-7-13(10-6-12)11(15)14-8-4-3-5-9-14/h2-5,7-10H2,1H3. The number of nitriles is 1. The Bertz CT molecular complexity index is 241. The Morgan fingerprint density at radius 1 is 1.40 bits per heavy atom. The molecule has 1 saturated heterocycles. The highest BCUT2D eigenvalue weighted by molar-refractivity contribution is 5.74. The van der Waals surface area contributed by atoms with Crippen molar-refractivity contribution in [2.75, 3.05) is 26.2 Å². The highest BCUT2D eigenvalue weighted by Crippen LogP contribution is 2.11. The van der Waals surface area contributed by atoms with Crippen molar-refractivity contribution in [2.45, 2.75) is 32.6 Å². The van der Waals surface area contributed by atoms with E-state index in [-0.39, 0.29) is 12.6 Å². The molecule has 0 aromatic rings. The van der Waals surface area contributed by atoms with Gasteiger partial charge in [0.25, 0.3) is 0 Å². The third-order valence-electron chi connectivity index (χ3n) is 2.65. The van der Waals surface area contributed by atoms with E-state index in [9.17, 15) is 4.79 Å². The van der Waals surface area contributed by atoms with E-state index in [0.29, 0.717) is 6.54 Å². The molecule has 1 heterocycles. The Hall–Kier alpha value is -1.24. The lowest BCUT2D eigenvalue weighted by Crippen LogP contribution is -2.45. The summed E-state index contributed by atoms with van der Waals surface area (Å²) in [6.07, 6.45) is 4.31. The van der Waals surface area contributed by atoms with Crippen LogP contribution in [0.4, 0.5) is 4.79 Å². The van der Waals surface area contributed by atoms with E-state index >= 15 is 0 Å². The summed E-state index contributed by atoms with van der Waals surface area (Å²) < 4.78 is 0. The molecule has 84 valence electrons. The van der Waals surface area contributed by atoms with Crippen LogP contribution in [0.2, 0.25) is 0 Å². The van der Waals surface area contributed by atoms with Crippen LogP contribution in [0.25, 0.3) is 0 Å². The van der Waals surface area contributed by atoms with Gasteiger partial charge >= 0.3 is 6.03 Å². The van der Waals surface area contributed by atoms with Gasteiger partial charge in [0.2, 0.25) is 0 Å². The van der Waals surface area contributed by atoms with E-state index in [0.717, 1.165) is 32.4 Å². The van der Waals surface area contributed by atoms with Crippen molar-refractivity contribution in [1.82, 2.24) is 9.80 Å². The fraction of sp³-hybridized carbons (Fsp3) is 0.818. The number of hydrogen-bond acceptors (Lipinski definition) is 2. The van der Waals surface area contributed by atoms with Gasteiger partial charge in [0, 0.05) is 19.6 Å². The summed E-state index contributed by atoms with van der Waals surface area (Å²) in [5.74, 6) is 0. The van der Waals surface area contributed by atoms with E-state index in [1.165, 1.54) is 6.42 Å². The number of rotatable bonds is 3. The second-order valence-electron chi connectivity index (χ2n) is 3.91. The molecule has 0 saturated carbocycles. The SMILES string of the molecule is CCCN(CC#N)C(=O)N1CCCCC1. The number of carbonyl (C=O) groups excluding carboxylic acids is 1. The van der Waals surface area contributed by atoms with Gasteiger partial charge in [-0.3, -0.25) is 0 Å². The molecule has 0 atom stereocenters. The van der Waals surface area contributed by atoms with Crippen LogP contribution in [0.3, 0.4) is 0 Å². The highest BCUT2D eigenvalue weighted by atomic mass is 16.2. The second kappa shape index (κ2) is 6.28. The van der Waals surface area contributed by atoms with Crippen LogP contribution in [0.1, 0.15) is 32.6 Å². The Labute approximate surface area is 91.5 Å². The van der Waals surface area contributed by atoms with E-state index in [4.69, 9.17) is 5.26 Å². The van der Waals surface area contributed by atoms with Crippen LogP contribution < -0.4 is 0 Å². The minimum Gasteiger partial charge on any atom is -0.325 e. The predicted octanol–water partition coefficient (Wildman–Crippen LogP) is 1.83. The van der Waals surface area contributed by atoms with Gasteiger partial charge in [-0.1, -0.05) is 6.92 Å². The molecule has 1 aliphatic heterocycles. The van der Waals surface area contributed by atoms with Crippen molar-refractivity contribution >= 4 is 6.03 Å². The first-order valence-electron chi connectivity index (χ1n) is 5.70. The van der Waals surface area contributed by atoms with E-state index in [2.05, 4.69) is 6.07 Å². The number of likely N-dealkylation sites (tertiary alicyclic amines) is 1. The van der Waals surface area contributed by atoms with Crippen LogP contribution in [0, 0.1) is 11.3 Å². The number of nitrogens with zero attached hydrogens (tertiary/aromatic N) is 3. The van der Waals surface area contributed by atoms with Gasteiger partial charge in [0.05, 0.1) is 6.07 Å². The lowest BCUT2D eigenvalue weighted by Gasteiger charge is -2.31. The zero-order valence-electron chi connectivity index (χ0n) is 9.41. The summed E-state index contributed by atoms with van der Waals surface area (Å²) >= 11 is 0. The summed E-state index contributed by atoms with van der Waals surface area (Å²) in [4.78, 5) is 15.5. The van der Waals surface area contributed by atoms with E-state index in [1.807, 2.05) is 11.8 Å². The number of hydrogen-bond donors (Lipinski definition) is 0. The van der Waals surface area contributed by atoms with Crippen LogP contribution in [-0.4, -0.2) is 42.0 Å². The summed E-state index contributed by atoms with van der Waals surface area (Å²) in [5.41, 5.74) is 0. The number of piperidine rings is 1. The second-order valence-corrected chi connectivity index (χ2v) is 3.91. The lowest BCUT2D eigenvalue weighted by atomic mass is 10.1. The van der Waals surface area contributed by atoms with Crippen molar-refractivity contribution < 1.29 is 4.79 Å². The third-order valence-corrected chi connectivity index (χ3v) is 2.65. The van der Waals surface area contributed by atoms with E-state index in [1.54, 1.807) is 4.90 Å². The molecule has 1 rings (SSSR count). The van der Waals surface area contributed by atoms with Gasteiger partial charge in [-0.25, -0.2) is 4.79 Å². The summed E-state index contributed by atoms with van der Waals surface area (Å²) in [5, 5.41) is 8.65. The van der Waals surface area contributed by atoms with Crippen molar-refractivity contribution in [3.63, 3.8) is 0 Å². The first-order chi connectivity index (χ1) is 7.29. The van der Waals surface area contributed by atoms with Crippen LogP contribution in [0.15, 0.2) is 0 Å². The van der Waals surface area contributed by atoms with Crippen molar-refractivity contribution in [1.29, 1.82) is 5.26 Å². The third kappa shape index (κ3) is 3.43. The van der Waals surface area contributed by atoms with Gasteiger partial charge in [-0.2, -0.15) is 5.26 Å². The maximum Gasteiger partial charge on any atom is 0.320 e. The fourth-order valence-corrected chi connectivity index (χ4v) is 1.88. The Balaban J connectivity index is 2.50. The monoisotopic (exact) mass is 209 g/mol. The summed E-state index contributed by atoms with van der Waals surface area (Å²) in [7, 11) is 0. The summed E-state index contributed by atoms with van der Waals surface area (Å²) in [6.45, 7) is 4.62. The van der Waals surface area contributed by atoms with Gasteiger partial charge in [-0.15, -0.1) is 0 Å². The number of amides is 2. The topological polar surface area (TPSA) is 47.3 Å². The lowest BCUT2D eigenvalue weighted by molar-refractivity contribution is 0.148. The molecule has 0 aromatic carbocycles. The summed E-state index contributed by atoms with van der Waals surface area (Å²) in [6, 6.07) is 2.09. The minimum atomic E-state index is 0.0399. The normalized spacial score (nSPS) is 15.9. The molecule has 1 fully saturated rings. The average molecular weight is 209 g/mol. The predicted molar refractivity (Wildman–Crippen MR) is 58.3 cm³/mol. The maximum absolute atomic E-state index is 12.0. The Morgan fingerprint density at radius 3 is 2.60 bits per heavy atom. The molecule has 0 unspecified atom stereocenters. The van der Waals surface area contributed by atoms with Gasteiger partial charge in [-0.05, 0) is 25.7 Å². The molecule has 2 amide bonds. The first-order valence-corrected chi connectivity index (χ1v) is 5.70. The quantitative estimate of drug-likeness (QED) is 0.666. The molecular formula is C11H19N3O. The van der Waals surface area contributed by atoms with E-state index < -0.39 is 0 Å². The molecular weight excluding hydrogens is 190 g/mol. The Morgan fingerprint density at radius 2 is 2.07 bits per heavy atom. The zero-order chi connectivity index (χ0) is 11.1. The largest absolute Gasteiger partial charge is 0.325 e. The first kappa shape index (κ1) is 11.8. The minimum absolute atomic E-state index is 0.0399. The molecule has 4 nitrogen and oxygen atoms in total. The molecule has 0 aliphatic carbocycles. The van der Waals surface area contributed by atoms with Crippen LogP contribution in [0.5, 0.6) is 0 Å². The number of carbonyl (C=O) groups is 1. The molecule has 15 heavy (non-hydrogen) atoms. The molecule has 0 aromatic heterocycles. The van der Waals surface area contributed by atoms with Gasteiger partial charge in [0.1, 0.15) is 6.54 Å². The Kier molecular flexibility index (Phi) is 4.96. The molecule has 1 aliphatic rings. The van der Waals surface area contributed by atoms with Crippen molar-refractivity contribution in [3.8, 4) is 6.07 Å². The zero-order valence-corrected chi connectivity index (χ0v) is 9.41. The smallest absolute Gasteiger partial charge is 0.320 e. The van der Waals surface area contributed by atoms with Crippen LogP contribution >= 0.6 is 0 Å². The molecule has 4 heteroatoms. The van der Waals surface area contributed by atoms with Crippen molar-refractivity contribution in [3.05, 3.63) is 0 Å². The maximum atomic E-state index is 12.0. The van der Waals surface area contributed by atoms with Gasteiger partial charge in [0.15, 0.2) is 0 Å². The van der Waals surface area contributed by atoms with Crippen LogP contribution in [-0.2, 0) is 0 Å². The highest BCUT2D eigenvalue weighted by Gasteiger charge is 2.21. The molecule has 0 N–H and O–H groups in total. The van der Waals surface area contributed by atoms with Crippen molar-refractivity contribution in [2.24, 2.45) is 0 Å². The number of urea groups is 1. The molecule has 0 bridgehead atoms.